The maximum atomic E-state index is 13.4. The van der Waals surface area contributed by atoms with Crippen LogP contribution >= 0.6 is 23.4 Å². The molecule has 1 aliphatic heterocycles. The van der Waals surface area contributed by atoms with Crippen molar-refractivity contribution in [1.82, 2.24) is 9.78 Å². The van der Waals surface area contributed by atoms with E-state index in [2.05, 4.69) is 9.50 Å². The van der Waals surface area contributed by atoms with Crippen LogP contribution in [-0.2, 0) is 10.0 Å². The summed E-state index contributed by atoms with van der Waals surface area (Å²) >= 11 is 7.57. The molecule has 0 aliphatic carbocycles. The monoisotopic (exact) mass is 556 g/mol. The molecule has 0 radical (unpaired) electrons. The van der Waals surface area contributed by atoms with Crippen LogP contribution in [0.4, 0.5) is 0 Å². The SMILES string of the molecule is Cc1cc(S(=O)(=O)/N=C(\N)n2ncc3ccccc3c2=O)c(SCC2COc3ccccc3O2)cc1Cl. The molecule has 2 N–H and O–H groups in total. The Morgan fingerprint density at radius 2 is 1.92 bits per heavy atom. The minimum Gasteiger partial charge on any atom is -0.486 e. The molecule has 0 spiro atoms. The Kier molecular flexibility index (Phi) is 6.84. The van der Waals surface area contributed by atoms with Crippen molar-refractivity contribution in [2.45, 2.75) is 22.8 Å². The van der Waals surface area contributed by atoms with Crippen LogP contribution in [0.3, 0.4) is 0 Å². The second-order valence-electron chi connectivity index (χ2n) is 8.23. The third kappa shape index (κ3) is 5.15. The summed E-state index contributed by atoms with van der Waals surface area (Å²) in [5.74, 6) is 1.11. The van der Waals surface area contributed by atoms with E-state index in [0.29, 0.717) is 50.1 Å². The lowest BCUT2D eigenvalue weighted by Crippen LogP contribution is -2.36. The van der Waals surface area contributed by atoms with E-state index in [9.17, 15) is 13.2 Å². The Morgan fingerprint density at radius 1 is 1.19 bits per heavy atom. The normalized spacial score (nSPS) is 15.6. The van der Waals surface area contributed by atoms with Gasteiger partial charge in [-0.2, -0.15) is 18.2 Å². The van der Waals surface area contributed by atoms with Gasteiger partial charge in [-0.25, -0.2) is 0 Å². The molecule has 0 amide bonds. The minimum atomic E-state index is -4.34. The van der Waals surface area contributed by atoms with E-state index in [1.165, 1.54) is 24.0 Å². The number of ether oxygens (including phenoxy) is 2. The molecule has 2 heterocycles. The first-order valence-electron chi connectivity index (χ1n) is 11.1. The summed E-state index contributed by atoms with van der Waals surface area (Å²) in [6.07, 6.45) is 1.11. The van der Waals surface area contributed by atoms with Crippen LogP contribution in [-0.4, -0.2) is 42.6 Å². The highest BCUT2D eigenvalue weighted by molar-refractivity contribution is 8.00. The summed E-state index contributed by atoms with van der Waals surface area (Å²) < 4.78 is 43.0. The van der Waals surface area contributed by atoms with Crippen molar-refractivity contribution in [2.24, 2.45) is 10.1 Å². The third-order valence-electron chi connectivity index (χ3n) is 5.62. The molecule has 4 aromatic rings. The molecule has 5 rings (SSSR count). The summed E-state index contributed by atoms with van der Waals surface area (Å²) in [6.45, 7) is 2.00. The highest BCUT2D eigenvalue weighted by Crippen LogP contribution is 2.36. The number of nitrogens with zero attached hydrogens (tertiary/aromatic N) is 3. The Morgan fingerprint density at radius 3 is 2.73 bits per heavy atom. The fourth-order valence-electron chi connectivity index (χ4n) is 3.74. The van der Waals surface area contributed by atoms with E-state index in [-0.39, 0.29) is 11.0 Å². The number of rotatable bonds is 5. The lowest BCUT2D eigenvalue weighted by atomic mass is 10.2. The number of hydrogen-bond acceptors (Lipinski definition) is 7. The van der Waals surface area contributed by atoms with Crippen LogP contribution in [0, 0.1) is 6.92 Å². The van der Waals surface area contributed by atoms with Gasteiger partial charge in [0.1, 0.15) is 17.6 Å². The molecule has 1 aliphatic rings. The zero-order valence-electron chi connectivity index (χ0n) is 19.5. The van der Waals surface area contributed by atoms with E-state index >= 15 is 0 Å². The lowest BCUT2D eigenvalue weighted by molar-refractivity contribution is 0.107. The minimum absolute atomic E-state index is 0.0895. The summed E-state index contributed by atoms with van der Waals surface area (Å²) in [7, 11) is -4.34. The predicted molar refractivity (Wildman–Crippen MR) is 143 cm³/mol. The fourth-order valence-corrected chi connectivity index (χ4v) is 6.46. The van der Waals surface area contributed by atoms with Crippen molar-refractivity contribution < 1.29 is 17.9 Å². The van der Waals surface area contributed by atoms with Crippen molar-refractivity contribution in [2.75, 3.05) is 12.4 Å². The average molecular weight is 557 g/mol. The predicted octanol–water partition coefficient (Wildman–Crippen LogP) is 3.84. The molecule has 0 saturated carbocycles. The Balaban J connectivity index is 1.45. The smallest absolute Gasteiger partial charge is 0.286 e. The number of aromatic nitrogens is 2. The first-order valence-corrected chi connectivity index (χ1v) is 13.9. The second kappa shape index (κ2) is 10.1. The standard InChI is InChI=1S/C25H21ClN4O5S2/c1-15-10-23(22(11-19(15)26)36-14-17-13-34-20-8-4-5-9-21(20)35-17)37(32,33)29-25(27)30-24(31)18-7-3-2-6-16(18)12-28-30/h2-12,17H,13-14H2,1H3,(H2,27,29). The summed E-state index contributed by atoms with van der Waals surface area (Å²) in [5.41, 5.74) is 5.94. The highest BCUT2D eigenvalue weighted by Gasteiger charge is 2.25. The van der Waals surface area contributed by atoms with Gasteiger partial charge in [0, 0.05) is 21.1 Å². The van der Waals surface area contributed by atoms with Crippen molar-refractivity contribution in [1.29, 1.82) is 0 Å². The lowest BCUT2D eigenvalue weighted by Gasteiger charge is -2.26. The summed E-state index contributed by atoms with van der Waals surface area (Å²) in [5, 5.41) is 5.32. The Bertz CT molecular complexity index is 1710. The molecule has 9 nitrogen and oxygen atoms in total. The van der Waals surface area contributed by atoms with E-state index in [1.54, 1.807) is 37.3 Å². The van der Waals surface area contributed by atoms with Crippen molar-refractivity contribution in [3.8, 4) is 11.5 Å². The van der Waals surface area contributed by atoms with Gasteiger partial charge in [-0.1, -0.05) is 41.9 Å². The van der Waals surface area contributed by atoms with Crippen molar-refractivity contribution in [3.63, 3.8) is 0 Å². The van der Waals surface area contributed by atoms with Gasteiger partial charge in [0.05, 0.1) is 11.6 Å². The van der Waals surface area contributed by atoms with Crippen LogP contribution in [0.25, 0.3) is 10.8 Å². The van der Waals surface area contributed by atoms with Crippen LogP contribution in [0.5, 0.6) is 11.5 Å². The van der Waals surface area contributed by atoms with E-state index in [4.69, 9.17) is 26.8 Å². The van der Waals surface area contributed by atoms with Crippen LogP contribution in [0.15, 0.2) is 85.8 Å². The van der Waals surface area contributed by atoms with Gasteiger partial charge in [-0.3, -0.25) is 4.79 Å². The van der Waals surface area contributed by atoms with Crippen molar-refractivity contribution >= 4 is 50.1 Å². The fraction of sp³-hybridized carbons (Fsp3) is 0.160. The first kappa shape index (κ1) is 25.1. The van der Waals surface area contributed by atoms with Crippen LogP contribution in [0.2, 0.25) is 5.02 Å². The van der Waals surface area contributed by atoms with E-state index in [0.717, 1.165) is 4.68 Å². The number of fused-ring (bicyclic) bond motifs is 2. The van der Waals surface area contributed by atoms with Gasteiger partial charge in [-0.05, 0) is 42.8 Å². The Labute approximate surface area is 221 Å². The maximum absolute atomic E-state index is 13.4. The second-order valence-corrected chi connectivity index (χ2v) is 11.3. The number of sulfonamides is 1. The van der Waals surface area contributed by atoms with Gasteiger partial charge >= 0.3 is 0 Å². The van der Waals surface area contributed by atoms with Gasteiger partial charge in [0.2, 0.25) is 5.96 Å². The number of halogens is 1. The molecule has 0 bridgehead atoms. The molecular weight excluding hydrogens is 536 g/mol. The van der Waals surface area contributed by atoms with Gasteiger partial charge in [-0.15, -0.1) is 16.2 Å². The van der Waals surface area contributed by atoms with Gasteiger partial charge < -0.3 is 15.2 Å². The first-order chi connectivity index (χ1) is 17.7. The molecule has 1 unspecified atom stereocenters. The molecule has 3 aromatic carbocycles. The zero-order valence-corrected chi connectivity index (χ0v) is 21.9. The van der Waals surface area contributed by atoms with Crippen LogP contribution < -0.4 is 20.8 Å². The number of thioether (sulfide) groups is 1. The topological polar surface area (TPSA) is 126 Å². The van der Waals surface area contributed by atoms with Crippen molar-refractivity contribution in [3.05, 3.63) is 87.8 Å². The Hall–Kier alpha value is -3.54. The number of hydrogen-bond donors (Lipinski definition) is 1. The number of aryl methyl sites for hydroxylation is 1. The number of nitrogens with two attached hydrogens (primary N) is 1. The quantitative estimate of drug-likeness (QED) is 0.223. The average Bonchev–Trinajstić information content (AvgIpc) is 2.89. The van der Waals surface area contributed by atoms with E-state index < -0.39 is 21.5 Å². The summed E-state index contributed by atoms with van der Waals surface area (Å²) in [6, 6.07) is 17.1. The zero-order chi connectivity index (χ0) is 26.2. The highest BCUT2D eigenvalue weighted by atomic mass is 35.5. The molecule has 1 atom stereocenters. The molecular formula is C25H21ClN4O5S2. The molecule has 1 aromatic heterocycles. The maximum Gasteiger partial charge on any atom is 0.286 e. The van der Waals surface area contributed by atoms with Gasteiger partial charge in [0.15, 0.2) is 11.5 Å². The number of para-hydroxylation sites is 2. The molecule has 37 heavy (non-hydrogen) atoms. The molecule has 12 heteroatoms. The molecule has 0 fully saturated rings. The number of benzene rings is 3. The van der Waals surface area contributed by atoms with Crippen LogP contribution in [0.1, 0.15) is 5.56 Å². The summed E-state index contributed by atoms with van der Waals surface area (Å²) in [4.78, 5) is 13.1. The molecule has 0 saturated heterocycles. The molecule has 190 valence electrons. The van der Waals surface area contributed by atoms with Gasteiger partial charge in [0.25, 0.3) is 15.6 Å². The van der Waals surface area contributed by atoms with E-state index in [1.807, 2.05) is 24.3 Å². The third-order valence-corrected chi connectivity index (χ3v) is 8.67. The largest absolute Gasteiger partial charge is 0.486 e.